The van der Waals surface area contributed by atoms with E-state index in [1.807, 2.05) is 99.6 Å². The average molecular weight is 548 g/mol. The second-order valence-electron chi connectivity index (χ2n) is 10.6. The Morgan fingerprint density at radius 1 is 0.800 bits per heavy atom. The highest BCUT2D eigenvalue weighted by Gasteiger charge is 2.46. The number of methoxy groups -OCH3 is 2. The standard InChI is InChI=1S/C32H37NO7/c1-31(2,3)40-30(35)33-21-28(38-20-19-34)29(22-33)39-32(23-9-7-6-8-10-23,24-11-15-26(36-4)16-12-24)25-13-17-27(37-5)18-14-25/h6-19,28-29H,20-22H2,1-5H3/t28-,29+/m1/s1. The van der Waals surface area contributed by atoms with Gasteiger partial charge in [-0.25, -0.2) is 4.79 Å². The van der Waals surface area contributed by atoms with Crippen LogP contribution in [0.4, 0.5) is 4.79 Å². The zero-order chi connectivity index (χ0) is 28.8. The topological polar surface area (TPSA) is 83.5 Å². The Morgan fingerprint density at radius 3 is 1.77 bits per heavy atom. The highest BCUT2D eigenvalue weighted by molar-refractivity contribution is 5.68. The molecule has 0 N–H and O–H groups in total. The van der Waals surface area contributed by atoms with Gasteiger partial charge in [0, 0.05) is 0 Å². The molecule has 212 valence electrons. The summed E-state index contributed by atoms with van der Waals surface area (Å²) in [6.07, 6.45) is -0.906. The van der Waals surface area contributed by atoms with Crippen molar-refractivity contribution < 1.29 is 33.3 Å². The van der Waals surface area contributed by atoms with Gasteiger partial charge in [0.1, 0.15) is 47.8 Å². The lowest BCUT2D eigenvalue weighted by atomic mass is 9.79. The molecule has 0 saturated carbocycles. The molecule has 0 radical (unpaired) electrons. The second kappa shape index (κ2) is 12.5. The van der Waals surface area contributed by atoms with E-state index in [4.69, 9.17) is 23.7 Å². The maximum Gasteiger partial charge on any atom is 0.410 e. The van der Waals surface area contributed by atoms with Crippen LogP contribution >= 0.6 is 0 Å². The SMILES string of the molecule is COc1ccc(C(O[C@H]2CN(C(=O)OC(C)(C)C)C[C@H]2OCC=O)(c2ccccc2)c2ccc(OC)cc2)cc1. The molecule has 0 aliphatic carbocycles. The fourth-order valence-electron chi connectivity index (χ4n) is 4.91. The Morgan fingerprint density at radius 2 is 1.30 bits per heavy atom. The van der Waals surface area contributed by atoms with Gasteiger partial charge in [-0.3, -0.25) is 0 Å². The molecule has 0 aromatic heterocycles. The fourth-order valence-corrected chi connectivity index (χ4v) is 4.91. The molecule has 2 atom stereocenters. The summed E-state index contributed by atoms with van der Waals surface area (Å²) in [4.78, 5) is 25.9. The molecule has 0 unspecified atom stereocenters. The molecule has 4 rings (SSSR count). The molecule has 0 spiro atoms. The van der Waals surface area contributed by atoms with Gasteiger partial charge in [0.25, 0.3) is 0 Å². The predicted molar refractivity (Wildman–Crippen MR) is 151 cm³/mol. The van der Waals surface area contributed by atoms with Crippen LogP contribution in [0.3, 0.4) is 0 Å². The Labute approximate surface area is 235 Å². The molecule has 1 aliphatic heterocycles. The van der Waals surface area contributed by atoms with Crippen molar-refractivity contribution in [2.45, 2.75) is 44.2 Å². The maximum absolute atomic E-state index is 13.0. The van der Waals surface area contributed by atoms with Crippen LogP contribution in [-0.2, 0) is 24.6 Å². The molecule has 0 bridgehead atoms. The third-order valence-electron chi connectivity index (χ3n) is 6.75. The van der Waals surface area contributed by atoms with E-state index in [0.717, 1.165) is 16.7 Å². The summed E-state index contributed by atoms with van der Waals surface area (Å²) in [6, 6.07) is 25.3. The third kappa shape index (κ3) is 6.46. The van der Waals surface area contributed by atoms with Crippen LogP contribution in [0.15, 0.2) is 78.9 Å². The number of hydrogen-bond acceptors (Lipinski definition) is 7. The van der Waals surface area contributed by atoms with Crippen LogP contribution in [0.25, 0.3) is 0 Å². The minimum Gasteiger partial charge on any atom is -0.497 e. The molecule has 1 amide bonds. The number of aldehydes is 1. The summed E-state index contributed by atoms with van der Waals surface area (Å²) < 4.78 is 29.6. The Bertz CT molecular complexity index is 1210. The van der Waals surface area contributed by atoms with Crippen molar-refractivity contribution in [3.63, 3.8) is 0 Å². The molecular formula is C32H37NO7. The van der Waals surface area contributed by atoms with Gasteiger partial charge in [-0.15, -0.1) is 0 Å². The van der Waals surface area contributed by atoms with E-state index in [0.29, 0.717) is 17.8 Å². The molecule has 1 saturated heterocycles. The molecule has 3 aromatic rings. The number of carbonyl (C=O) groups is 2. The van der Waals surface area contributed by atoms with Crippen molar-refractivity contribution in [2.24, 2.45) is 0 Å². The molecule has 1 fully saturated rings. The molecule has 8 heteroatoms. The third-order valence-corrected chi connectivity index (χ3v) is 6.75. The van der Waals surface area contributed by atoms with E-state index < -0.39 is 29.5 Å². The average Bonchev–Trinajstić information content (AvgIpc) is 3.37. The minimum atomic E-state index is -1.10. The Balaban J connectivity index is 1.84. The van der Waals surface area contributed by atoms with E-state index in [2.05, 4.69) is 0 Å². The van der Waals surface area contributed by atoms with E-state index >= 15 is 0 Å². The Hall–Kier alpha value is -3.88. The van der Waals surface area contributed by atoms with Gasteiger partial charge in [0.05, 0.1) is 27.3 Å². The van der Waals surface area contributed by atoms with Crippen molar-refractivity contribution in [1.82, 2.24) is 4.90 Å². The van der Waals surface area contributed by atoms with Crippen molar-refractivity contribution in [1.29, 1.82) is 0 Å². The molecular weight excluding hydrogens is 510 g/mol. The second-order valence-corrected chi connectivity index (χ2v) is 10.6. The fraction of sp³-hybridized carbons (Fsp3) is 0.375. The summed E-state index contributed by atoms with van der Waals surface area (Å²) in [6.45, 7) is 5.80. The largest absolute Gasteiger partial charge is 0.497 e. The smallest absolute Gasteiger partial charge is 0.410 e. The highest BCUT2D eigenvalue weighted by Crippen LogP contribution is 2.43. The van der Waals surface area contributed by atoms with Gasteiger partial charge in [-0.1, -0.05) is 54.6 Å². The van der Waals surface area contributed by atoms with Gasteiger partial charge in [-0.05, 0) is 61.7 Å². The molecule has 1 heterocycles. The summed E-state index contributed by atoms with van der Waals surface area (Å²) in [5, 5.41) is 0. The molecule has 3 aromatic carbocycles. The van der Waals surface area contributed by atoms with Gasteiger partial charge in [-0.2, -0.15) is 0 Å². The molecule has 1 aliphatic rings. The monoisotopic (exact) mass is 547 g/mol. The van der Waals surface area contributed by atoms with Crippen molar-refractivity contribution in [2.75, 3.05) is 33.9 Å². The van der Waals surface area contributed by atoms with E-state index in [1.54, 1.807) is 19.1 Å². The number of likely N-dealkylation sites (tertiary alicyclic amines) is 1. The van der Waals surface area contributed by atoms with E-state index in [1.165, 1.54) is 0 Å². The number of rotatable bonds is 10. The first-order valence-electron chi connectivity index (χ1n) is 13.3. The van der Waals surface area contributed by atoms with E-state index in [-0.39, 0.29) is 19.7 Å². The predicted octanol–water partition coefficient (Wildman–Crippen LogP) is 5.22. The zero-order valence-corrected chi connectivity index (χ0v) is 23.7. The van der Waals surface area contributed by atoms with Gasteiger partial charge < -0.3 is 33.4 Å². The minimum absolute atomic E-state index is 0.115. The summed E-state index contributed by atoms with van der Waals surface area (Å²) in [5.74, 6) is 1.43. The number of nitrogens with zero attached hydrogens (tertiary/aromatic N) is 1. The first-order chi connectivity index (χ1) is 19.2. The number of ether oxygens (including phenoxy) is 5. The van der Waals surface area contributed by atoms with Crippen LogP contribution in [0.5, 0.6) is 11.5 Å². The lowest BCUT2D eigenvalue weighted by Gasteiger charge is -2.39. The lowest BCUT2D eigenvalue weighted by molar-refractivity contribution is -0.122. The summed E-state index contributed by atoms with van der Waals surface area (Å²) in [7, 11) is 3.25. The van der Waals surface area contributed by atoms with Crippen molar-refractivity contribution in [3.05, 3.63) is 95.6 Å². The number of benzene rings is 3. The quantitative estimate of drug-likeness (QED) is 0.254. The Kier molecular flexibility index (Phi) is 9.12. The normalized spacial score (nSPS) is 17.4. The zero-order valence-electron chi connectivity index (χ0n) is 23.7. The molecule has 8 nitrogen and oxygen atoms in total. The first-order valence-corrected chi connectivity index (χ1v) is 13.3. The van der Waals surface area contributed by atoms with Crippen molar-refractivity contribution in [3.8, 4) is 11.5 Å². The molecule has 40 heavy (non-hydrogen) atoms. The van der Waals surface area contributed by atoms with Crippen molar-refractivity contribution >= 4 is 12.4 Å². The number of carbonyl (C=O) groups excluding carboxylic acids is 2. The van der Waals surface area contributed by atoms with Crippen LogP contribution < -0.4 is 9.47 Å². The highest BCUT2D eigenvalue weighted by atomic mass is 16.6. The first kappa shape index (κ1) is 29.1. The lowest BCUT2D eigenvalue weighted by Crippen LogP contribution is -2.42. The van der Waals surface area contributed by atoms with Crippen LogP contribution in [0, 0.1) is 0 Å². The number of hydrogen-bond donors (Lipinski definition) is 0. The van der Waals surface area contributed by atoms with Crippen LogP contribution in [0.1, 0.15) is 37.5 Å². The number of amides is 1. The maximum atomic E-state index is 13.0. The van der Waals surface area contributed by atoms with E-state index in [9.17, 15) is 9.59 Å². The van der Waals surface area contributed by atoms with Gasteiger partial charge in [0.2, 0.25) is 0 Å². The van der Waals surface area contributed by atoms with Gasteiger partial charge >= 0.3 is 6.09 Å². The van der Waals surface area contributed by atoms with Gasteiger partial charge in [0.15, 0.2) is 0 Å². The summed E-state index contributed by atoms with van der Waals surface area (Å²) >= 11 is 0. The van der Waals surface area contributed by atoms with Crippen LogP contribution in [0.2, 0.25) is 0 Å². The summed E-state index contributed by atoms with van der Waals surface area (Å²) in [5.41, 5.74) is 0.839. The van der Waals surface area contributed by atoms with Crippen LogP contribution in [-0.4, -0.2) is 69.0 Å².